The Labute approximate surface area is 112 Å². The van der Waals surface area contributed by atoms with E-state index in [-0.39, 0.29) is 12.6 Å². The third-order valence-corrected chi connectivity index (χ3v) is 3.39. The summed E-state index contributed by atoms with van der Waals surface area (Å²) >= 11 is 0. The smallest absolute Gasteiger partial charge is 0.378 e. The van der Waals surface area contributed by atoms with Crippen LogP contribution in [0.3, 0.4) is 0 Å². The van der Waals surface area contributed by atoms with Crippen LogP contribution in [0.2, 0.25) is 0 Å². The van der Waals surface area contributed by atoms with E-state index in [0.717, 1.165) is 38.7 Å². The van der Waals surface area contributed by atoms with Crippen LogP contribution >= 0.6 is 0 Å². The fraction of sp³-hybridized carbons (Fsp3) is 1.00. The summed E-state index contributed by atoms with van der Waals surface area (Å²) in [6.07, 6.45) is 2.08. The summed E-state index contributed by atoms with van der Waals surface area (Å²) < 4.78 is 45.8. The second-order valence-electron chi connectivity index (χ2n) is 5.01. The van der Waals surface area contributed by atoms with Crippen LogP contribution in [0.15, 0.2) is 0 Å². The second-order valence-corrected chi connectivity index (χ2v) is 5.01. The van der Waals surface area contributed by atoms with Gasteiger partial charge in [-0.15, -0.1) is 0 Å². The number of alkyl halides is 3. The second kappa shape index (κ2) is 8.76. The van der Waals surface area contributed by atoms with Gasteiger partial charge < -0.3 is 14.8 Å². The molecule has 0 aliphatic carbocycles. The summed E-state index contributed by atoms with van der Waals surface area (Å²) in [4.78, 5) is 0. The maximum atomic E-state index is 11.9. The highest BCUT2D eigenvalue weighted by atomic mass is 19.4. The number of hydrogen-bond acceptors (Lipinski definition) is 3. The van der Waals surface area contributed by atoms with Gasteiger partial charge in [-0.3, -0.25) is 0 Å². The van der Waals surface area contributed by atoms with Crippen LogP contribution < -0.4 is 5.32 Å². The zero-order chi connectivity index (χ0) is 14.1. The first-order chi connectivity index (χ1) is 9.01. The van der Waals surface area contributed by atoms with Gasteiger partial charge in [-0.25, -0.2) is 0 Å². The Morgan fingerprint density at radius 3 is 2.74 bits per heavy atom. The summed E-state index contributed by atoms with van der Waals surface area (Å²) in [5.41, 5.74) is 0. The standard InChI is InChI=1S/C13H24F3NO2/c1-17-11(7-9-18-10-13(14,15)16)4-2-5-12-6-3-8-19-12/h11-12,17H,2-10H2,1H3. The SMILES string of the molecule is CNC(CCCC1CCCO1)CCOCC(F)(F)F. The molecule has 114 valence electrons. The van der Waals surface area contributed by atoms with E-state index < -0.39 is 12.8 Å². The van der Waals surface area contributed by atoms with E-state index in [0.29, 0.717) is 12.5 Å². The number of rotatable bonds is 9. The summed E-state index contributed by atoms with van der Waals surface area (Å²) in [5, 5.41) is 3.12. The average Bonchev–Trinajstić information content (AvgIpc) is 2.84. The highest BCUT2D eigenvalue weighted by Crippen LogP contribution is 2.19. The molecule has 0 bridgehead atoms. The molecule has 1 saturated heterocycles. The number of nitrogens with one attached hydrogen (secondary N) is 1. The fourth-order valence-electron chi connectivity index (χ4n) is 2.31. The first-order valence-corrected chi connectivity index (χ1v) is 6.94. The molecule has 0 aromatic carbocycles. The molecule has 0 aromatic heterocycles. The van der Waals surface area contributed by atoms with Crippen molar-refractivity contribution < 1.29 is 22.6 Å². The van der Waals surface area contributed by atoms with Gasteiger partial charge in [0.15, 0.2) is 0 Å². The van der Waals surface area contributed by atoms with Gasteiger partial charge in [-0.1, -0.05) is 0 Å². The number of ether oxygens (including phenoxy) is 2. The van der Waals surface area contributed by atoms with E-state index in [1.54, 1.807) is 0 Å². The van der Waals surface area contributed by atoms with E-state index in [2.05, 4.69) is 10.1 Å². The molecule has 6 heteroatoms. The Morgan fingerprint density at radius 2 is 2.16 bits per heavy atom. The Hall–Kier alpha value is -0.330. The van der Waals surface area contributed by atoms with Crippen LogP contribution in [-0.2, 0) is 9.47 Å². The molecular weight excluding hydrogens is 259 g/mol. The van der Waals surface area contributed by atoms with Crippen LogP contribution in [0.1, 0.15) is 38.5 Å². The monoisotopic (exact) mass is 283 g/mol. The summed E-state index contributed by atoms with van der Waals surface area (Å²) in [6.45, 7) is -0.143. The van der Waals surface area contributed by atoms with Gasteiger partial charge in [-0.2, -0.15) is 13.2 Å². The molecular formula is C13H24F3NO2. The first-order valence-electron chi connectivity index (χ1n) is 6.94. The zero-order valence-corrected chi connectivity index (χ0v) is 11.5. The molecule has 2 atom stereocenters. The molecule has 1 aliphatic rings. The Morgan fingerprint density at radius 1 is 1.37 bits per heavy atom. The van der Waals surface area contributed by atoms with E-state index in [1.807, 2.05) is 7.05 Å². The van der Waals surface area contributed by atoms with Gasteiger partial charge in [0.2, 0.25) is 0 Å². The maximum Gasteiger partial charge on any atom is 0.411 e. The molecule has 1 heterocycles. The van der Waals surface area contributed by atoms with E-state index in [1.165, 1.54) is 0 Å². The van der Waals surface area contributed by atoms with Gasteiger partial charge >= 0.3 is 6.18 Å². The van der Waals surface area contributed by atoms with E-state index in [4.69, 9.17) is 4.74 Å². The molecule has 1 rings (SSSR count). The van der Waals surface area contributed by atoms with Crippen LogP contribution in [0.25, 0.3) is 0 Å². The largest absolute Gasteiger partial charge is 0.411 e. The van der Waals surface area contributed by atoms with E-state index >= 15 is 0 Å². The molecule has 1 N–H and O–H groups in total. The third kappa shape index (κ3) is 8.44. The Bertz CT molecular complexity index is 230. The molecule has 1 aliphatic heterocycles. The molecule has 0 saturated carbocycles. The molecule has 0 spiro atoms. The minimum absolute atomic E-state index is 0.144. The highest BCUT2D eigenvalue weighted by molar-refractivity contribution is 4.69. The molecule has 0 radical (unpaired) electrons. The molecule has 19 heavy (non-hydrogen) atoms. The summed E-state index contributed by atoms with van der Waals surface area (Å²) in [7, 11) is 1.83. The predicted octanol–water partition coefficient (Wildman–Crippen LogP) is 2.89. The summed E-state index contributed by atoms with van der Waals surface area (Å²) in [6, 6.07) is 0.217. The van der Waals surface area contributed by atoms with Crippen molar-refractivity contribution in [1.82, 2.24) is 5.32 Å². The van der Waals surface area contributed by atoms with Crippen LogP contribution in [0.4, 0.5) is 13.2 Å². The topological polar surface area (TPSA) is 30.5 Å². The average molecular weight is 283 g/mol. The lowest BCUT2D eigenvalue weighted by Crippen LogP contribution is -2.28. The third-order valence-electron chi connectivity index (χ3n) is 3.39. The van der Waals surface area contributed by atoms with Crippen molar-refractivity contribution >= 4 is 0 Å². The van der Waals surface area contributed by atoms with Gasteiger partial charge in [0.25, 0.3) is 0 Å². The van der Waals surface area contributed by atoms with Crippen molar-refractivity contribution in [2.75, 3.05) is 26.9 Å². The van der Waals surface area contributed by atoms with Gasteiger partial charge in [0, 0.05) is 19.3 Å². The zero-order valence-electron chi connectivity index (χ0n) is 11.5. The van der Waals surface area contributed by atoms with Crippen molar-refractivity contribution in [3.05, 3.63) is 0 Å². The van der Waals surface area contributed by atoms with Crippen molar-refractivity contribution in [1.29, 1.82) is 0 Å². The minimum Gasteiger partial charge on any atom is -0.378 e. The van der Waals surface area contributed by atoms with Crippen molar-refractivity contribution in [2.24, 2.45) is 0 Å². The lowest BCUT2D eigenvalue weighted by Gasteiger charge is -2.17. The van der Waals surface area contributed by atoms with E-state index in [9.17, 15) is 13.2 Å². The lowest BCUT2D eigenvalue weighted by molar-refractivity contribution is -0.174. The van der Waals surface area contributed by atoms with Crippen LogP contribution in [0, 0.1) is 0 Å². The van der Waals surface area contributed by atoms with Crippen molar-refractivity contribution in [2.45, 2.75) is 56.8 Å². The van der Waals surface area contributed by atoms with Gasteiger partial charge in [0.1, 0.15) is 6.61 Å². The minimum atomic E-state index is -4.23. The Kier molecular flexibility index (Phi) is 7.71. The fourth-order valence-corrected chi connectivity index (χ4v) is 2.31. The molecule has 0 aromatic rings. The molecule has 1 fully saturated rings. The predicted molar refractivity (Wildman–Crippen MR) is 67.2 cm³/mol. The lowest BCUT2D eigenvalue weighted by atomic mass is 10.0. The molecule has 3 nitrogen and oxygen atoms in total. The first kappa shape index (κ1) is 16.7. The molecule has 2 unspecified atom stereocenters. The van der Waals surface area contributed by atoms with Crippen LogP contribution in [-0.4, -0.2) is 45.2 Å². The quantitative estimate of drug-likeness (QED) is 0.660. The maximum absolute atomic E-state index is 11.9. The normalized spacial score (nSPS) is 21.8. The molecule has 0 amide bonds. The number of hydrogen-bond donors (Lipinski definition) is 1. The van der Waals surface area contributed by atoms with Gasteiger partial charge in [0.05, 0.1) is 6.10 Å². The Balaban J connectivity index is 2.01. The summed E-state index contributed by atoms with van der Waals surface area (Å²) in [5.74, 6) is 0. The highest BCUT2D eigenvalue weighted by Gasteiger charge is 2.27. The van der Waals surface area contributed by atoms with Crippen molar-refractivity contribution in [3.8, 4) is 0 Å². The van der Waals surface area contributed by atoms with Gasteiger partial charge in [-0.05, 0) is 45.6 Å². The van der Waals surface area contributed by atoms with Crippen molar-refractivity contribution in [3.63, 3.8) is 0 Å². The van der Waals surface area contributed by atoms with Crippen LogP contribution in [0.5, 0.6) is 0 Å². The number of halogens is 3.